The molecule has 3 heteroatoms. The maximum absolute atomic E-state index is 11.6. The quantitative estimate of drug-likeness (QED) is 0.778. The van der Waals surface area contributed by atoms with Crippen molar-refractivity contribution in [2.75, 3.05) is 6.54 Å². The van der Waals surface area contributed by atoms with Crippen LogP contribution >= 0.6 is 12.6 Å². The summed E-state index contributed by atoms with van der Waals surface area (Å²) in [5.74, 6) is 0.0711. The molecule has 0 fully saturated rings. The monoisotopic (exact) mass is 237 g/mol. The van der Waals surface area contributed by atoms with E-state index < -0.39 is 0 Å². The van der Waals surface area contributed by atoms with Crippen LogP contribution in [0.25, 0.3) is 0 Å². The number of nitrogens with one attached hydrogen (secondary N) is 1. The third kappa shape index (κ3) is 5.21. The van der Waals surface area contributed by atoms with Gasteiger partial charge in [-0.15, -0.1) is 12.6 Å². The van der Waals surface area contributed by atoms with Gasteiger partial charge in [-0.2, -0.15) is 0 Å². The first-order valence-electron chi connectivity index (χ1n) is 5.41. The van der Waals surface area contributed by atoms with Gasteiger partial charge in [-0.25, -0.2) is 0 Å². The largest absolute Gasteiger partial charge is 0.355 e. The van der Waals surface area contributed by atoms with Crippen molar-refractivity contribution in [2.24, 2.45) is 5.41 Å². The van der Waals surface area contributed by atoms with Gasteiger partial charge in [-0.3, -0.25) is 4.79 Å². The van der Waals surface area contributed by atoms with Crippen LogP contribution in [0, 0.1) is 5.41 Å². The fourth-order valence-electron chi connectivity index (χ4n) is 1.23. The van der Waals surface area contributed by atoms with Crippen LogP contribution in [0.3, 0.4) is 0 Å². The Labute approximate surface area is 103 Å². The van der Waals surface area contributed by atoms with Gasteiger partial charge in [-0.05, 0) is 23.1 Å². The topological polar surface area (TPSA) is 29.1 Å². The number of carbonyl (C=O) groups is 1. The van der Waals surface area contributed by atoms with Crippen molar-refractivity contribution >= 4 is 18.5 Å². The van der Waals surface area contributed by atoms with Crippen molar-refractivity contribution in [3.8, 4) is 0 Å². The third-order valence-electron chi connectivity index (χ3n) is 2.12. The van der Waals surface area contributed by atoms with Crippen molar-refractivity contribution in [3.05, 3.63) is 29.8 Å². The van der Waals surface area contributed by atoms with Crippen LogP contribution in [-0.4, -0.2) is 12.5 Å². The minimum absolute atomic E-state index is 0.0711. The lowest BCUT2D eigenvalue weighted by Gasteiger charge is -2.18. The number of benzene rings is 1. The Balaban J connectivity index is 2.43. The lowest BCUT2D eigenvalue weighted by Crippen LogP contribution is -2.33. The van der Waals surface area contributed by atoms with Gasteiger partial charge in [0, 0.05) is 11.4 Å². The molecule has 0 saturated heterocycles. The fourth-order valence-corrected chi connectivity index (χ4v) is 1.37. The van der Waals surface area contributed by atoms with Crippen molar-refractivity contribution in [1.29, 1.82) is 0 Å². The lowest BCUT2D eigenvalue weighted by molar-refractivity contribution is -0.120. The Morgan fingerprint density at radius 1 is 1.25 bits per heavy atom. The summed E-state index contributed by atoms with van der Waals surface area (Å²) >= 11 is 4.20. The molecule has 0 atom stereocenters. The van der Waals surface area contributed by atoms with Gasteiger partial charge in [0.05, 0.1) is 6.42 Å². The molecular formula is C13H19NOS. The molecule has 0 heterocycles. The van der Waals surface area contributed by atoms with Crippen LogP contribution in [0.1, 0.15) is 26.3 Å². The van der Waals surface area contributed by atoms with Crippen molar-refractivity contribution < 1.29 is 4.79 Å². The molecule has 1 rings (SSSR count). The molecule has 2 nitrogen and oxygen atoms in total. The Hall–Kier alpha value is -0.960. The van der Waals surface area contributed by atoms with Gasteiger partial charge in [0.15, 0.2) is 0 Å². The van der Waals surface area contributed by atoms with Gasteiger partial charge >= 0.3 is 0 Å². The number of hydrogen-bond acceptors (Lipinski definition) is 2. The molecule has 1 aromatic carbocycles. The van der Waals surface area contributed by atoms with Gasteiger partial charge in [0.2, 0.25) is 5.91 Å². The molecule has 1 amide bonds. The third-order valence-corrected chi connectivity index (χ3v) is 2.42. The zero-order valence-electron chi connectivity index (χ0n) is 10.1. The number of amides is 1. The number of rotatable bonds is 3. The van der Waals surface area contributed by atoms with E-state index in [9.17, 15) is 4.79 Å². The van der Waals surface area contributed by atoms with Gasteiger partial charge in [0.1, 0.15) is 0 Å². The second-order valence-corrected chi connectivity index (χ2v) is 5.70. The van der Waals surface area contributed by atoms with E-state index in [0.29, 0.717) is 13.0 Å². The Kier molecular flexibility index (Phi) is 4.42. The van der Waals surface area contributed by atoms with Crippen LogP contribution in [0.5, 0.6) is 0 Å². The molecule has 88 valence electrons. The summed E-state index contributed by atoms with van der Waals surface area (Å²) in [5, 5.41) is 2.93. The Bertz CT molecular complexity index is 351. The predicted molar refractivity (Wildman–Crippen MR) is 69.9 cm³/mol. The van der Waals surface area contributed by atoms with Crippen LogP contribution in [0.4, 0.5) is 0 Å². The van der Waals surface area contributed by atoms with E-state index in [4.69, 9.17) is 0 Å². The highest BCUT2D eigenvalue weighted by Crippen LogP contribution is 2.11. The van der Waals surface area contributed by atoms with E-state index >= 15 is 0 Å². The van der Waals surface area contributed by atoms with Crippen molar-refractivity contribution in [3.63, 3.8) is 0 Å². The Morgan fingerprint density at radius 2 is 1.81 bits per heavy atom. The molecule has 0 spiro atoms. The number of hydrogen-bond donors (Lipinski definition) is 2. The summed E-state index contributed by atoms with van der Waals surface area (Å²) in [6, 6.07) is 7.66. The zero-order chi connectivity index (χ0) is 12.2. The average Bonchev–Trinajstić information content (AvgIpc) is 2.18. The molecule has 0 bridgehead atoms. The second-order valence-electron chi connectivity index (χ2n) is 5.18. The summed E-state index contributed by atoms with van der Waals surface area (Å²) in [6.07, 6.45) is 0.435. The van der Waals surface area contributed by atoms with Crippen LogP contribution in [-0.2, 0) is 11.2 Å². The van der Waals surface area contributed by atoms with E-state index in [1.807, 2.05) is 24.3 Å². The first-order chi connectivity index (χ1) is 7.37. The molecule has 16 heavy (non-hydrogen) atoms. The molecule has 0 aliphatic heterocycles. The second kappa shape index (κ2) is 5.39. The summed E-state index contributed by atoms with van der Waals surface area (Å²) in [4.78, 5) is 12.5. The average molecular weight is 237 g/mol. The number of carbonyl (C=O) groups excluding carboxylic acids is 1. The van der Waals surface area contributed by atoms with Crippen LogP contribution in [0.2, 0.25) is 0 Å². The van der Waals surface area contributed by atoms with Gasteiger partial charge < -0.3 is 5.32 Å². The summed E-state index contributed by atoms with van der Waals surface area (Å²) in [7, 11) is 0. The lowest BCUT2D eigenvalue weighted by atomic mass is 9.97. The first-order valence-corrected chi connectivity index (χ1v) is 5.86. The molecule has 0 aliphatic rings. The van der Waals surface area contributed by atoms with Crippen LogP contribution in [0.15, 0.2) is 29.2 Å². The maximum atomic E-state index is 11.6. The molecule has 0 aromatic heterocycles. The highest BCUT2D eigenvalue weighted by molar-refractivity contribution is 7.80. The Morgan fingerprint density at radius 3 is 2.31 bits per heavy atom. The molecule has 1 N–H and O–H groups in total. The highest BCUT2D eigenvalue weighted by atomic mass is 32.1. The summed E-state index contributed by atoms with van der Waals surface area (Å²) in [5.41, 5.74) is 1.15. The standard InChI is InChI=1S/C13H19NOS/c1-13(2,3)9-14-12(15)8-10-4-6-11(16)7-5-10/h4-7,16H,8-9H2,1-3H3,(H,14,15). The van der Waals surface area contributed by atoms with E-state index in [0.717, 1.165) is 10.5 Å². The van der Waals surface area contributed by atoms with Gasteiger partial charge in [0.25, 0.3) is 0 Å². The number of thiol groups is 1. The predicted octanol–water partition coefficient (Wildman–Crippen LogP) is 2.68. The van der Waals surface area contributed by atoms with Crippen molar-refractivity contribution in [2.45, 2.75) is 32.1 Å². The first kappa shape index (κ1) is 13.1. The molecule has 1 aromatic rings. The minimum atomic E-state index is 0.0711. The minimum Gasteiger partial charge on any atom is -0.355 e. The van der Waals surface area contributed by atoms with Crippen molar-refractivity contribution in [1.82, 2.24) is 5.32 Å². The van der Waals surface area contributed by atoms with E-state index in [-0.39, 0.29) is 11.3 Å². The highest BCUT2D eigenvalue weighted by Gasteiger charge is 2.11. The molecule has 0 saturated carbocycles. The SMILES string of the molecule is CC(C)(C)CNC(=O)Cc1ccc(S)cc1. The molecule has 0 unspecified atom stereocenters. The normalized spacial score (nSPS) is 11.2. The zero-order valence-corrected chi connectivity index (χ0v) is 11.0. The molecule has 0 radical (unpaired) electrons. The molecular weight excluding hydrogens is 218 g/mol. The fraction of sp³-hybridized carbons (Fsp3) is 0.462. The van der Waals surface area contributed by atoms with E-state index in [1.54, 1.807) is 0 Å². The summed E-state index contributed by atoms with van der Waals surface area (Å²) < 4.78 is 0. The smallest absolute Gasteiger partial charge is 0.224 e. The summed E-state index contributed by atoms with van der Waals surface area (Å²) in [6.45, 7) is 7.01. The molecule has 0 aliphatic carbocycles. The van der Waals surface area contributed by atoms with Crippen LogP contribution < -0.4 is 5.32 Å². The van der Waals surface area contributed by atoms with E-state index in [2.05, 4.69) is 38.7 Å². The van der Waals surface area contributed by atoms with E-state index in [1.165, 1.54) is 0 Å². The van der Waals surface area contributed by atoms with Gasteiger partial charge in [-0.1, -0.05) is 32.9 Å². The maximum Gasteiger partial charge on any atom is 0.224 e.